The molecule has 6 heteroatoms. The number of aliphatic hydroxyl groups is 1. The second kappa shape index (κ2) is 4.61. The van der Waals surface area contributed by atoms with Crippen LogP contribution in [0.5, 0.6) is 0 Å². The molecule has 1 aromatic carbocycles. The van der Waals surface area contributed by atoms with Crippen LogP contribution in [-0.2, 0) is 4.79 Å². The first kappa shape index (κ1) is 11.3. The molecular weight excluding hydrogens is 201 g/mol. The van der Waals surface area contributed by atoms with Crippen LogP contribution in [0.1, 0.15) is 0 Å². The van der Waals surface area contributed by atoms with Gasteiger partial charge >= 0.3 is 0 Å². The molecule has 0 heterocycles. The Labute approximate surface area is 85.9 Å². The highest BCUT2D eigenvalue weighted by atomic mass is 19.1. The second-order valence-electron chi connectivity index (χ2n) is 3.00. The number of amides is 1. The predicted octanol–water partition coefficient (Wildman–Crippen LogP) is -0.334. The number of nitrogen functional groups attached to an aromatic ring is 1. The van der Waals surface area contributed by atoms with Crippen molar-refractivity contribution in [2.24, 2.45) is 5.73 Å². The lowest BCUT2D eigenvalue weighted by Gasteiger charge is -2.11. The number of anilines is 2. The number of nitrogens with two attached hydrogens (primary N) is 2. The highest BCUT2D eigenvalue weighted by Gasteiger charge is 2.11. The Balaban J connectivity index is 2.66. The second-order valence-corrected chi connectivity index (χ2v) is 3.00. The van der Waals surface area contributed by atoms with Gasteiger partial charge in [-0.15, -0.1) is 0 Å². The Bertz CT molecular complexity index is 370. The maximum atomic E-state index is 12.9. The van der Waals surface area contributed by atoms with Crippen molar-refractivity contribution in [2.45, 2.75) is 6.10 Å². The minimum Gasteiger partial charge on any atom is -0.395 e. The van der Waals surface area contributed by atoms with Crippen molar-refractivity contribution in [3.8, 4) is 0 Å². The molecular formula is C9H12FN3O2. The number of primary amides is 1. The van der Waals surface area contributed by atoms with Crippen LogP contribution in [0.15, 0.2) is 18.2 Å². The first-order chi connectivity index (χ1) is 7.02. The summed E-state index contributed by atoms with van der Waals surface area (Å²) < 4.78 is 12.9. The molecule has 0 fully saturated rings. The van der Waals surface area contributed by atoms with Crippen molar-refractivity contribution in [3.05, 3.63) is 24.0 Å². The Hall–Kier alpha value is -1.82. The van der Waals surface area contributed by atoms with Gasteiger partial charge in [-0.2, -0.15) is 0 Å². The fourth-order valence-electron chi connectivity index (χ4n) is 0.998. The molecule has 1 atom stereocenters. The third kappa shape index (κ3) is 2.81. The molecule has 0 aromatic heterocycles. The lowest BCUT2D eigenvalue weighted by Crippen LogP contribution is -2.34. The first-order valence-electron chi connectivity index (χ1n) is 4.27. The van der Waals surface area contributed by atoms with Gasteiger partial charge in [0.05, 0.1) is 11.4 Å². The summed E-state index contributed by atoms with van der Waals surface area (Å²) in [4.78, 5) is 10.5. The van der Waals surface area contributed by atoms with Crippen LogP contribution in [0.2, 0.25) is 0 Å². The average Bonchev–Trinajstić information content (AvgIpc) is 2.19. The topological polar surface area (TPSA) is 101 Å². The zero-order valence-electron chi connectivity index (χ0n) is 7.90. The number of halogens is 1. The third-order valence-electron chi connectivity index (χ3n) is 1.87. The molecule has 0 aliphatic carbocycles. The van der Waals surface area contributed by atoms with E-state index in [1.807, 2.05) is 0 Å². The van der Waals surface area contributed by atoms with E-state index in [1.54, 1.807) is 0 Å². The molecule has 0 aliphatic heterocycles. The number of hydrogen-bond acceptors (Lipinski definition) is 4. The molecule has 1 rings (SSSR count). The van der Waals surface area contributed by atoms with E-state index in [2.05, 4.69) is 5.32 Å². The van der Waals surface area contributed by atoms with Gasteiger partial charge in [-0.05, 0) is 12.1 Å². The fourth-order valence-corrected chi connectivity index (χ4v) is 0.998. The Morgan fingerprint density at radius 3 is 2.87 bits per heavy atom. The zero-order chi connectivity index (χ0) is 11.4. The number of carbonyl (C=O) groups excluding carboxylic acids is 1. The quantitative estimate of drug-likeness (QED) is 0.514. The number of nitrogens with one attached hydrogen (secondary N) is 1. The molecule has 0 aliphatic rings. The zero-order valence-corrected chi connectivity index (χ0v) is 7.90. The summed E-state index contributed by atoms with van der Waals surface area (Å²) in [7, 11) is 0. The molecule has 15 heavy (non-hydrogen) atoms. The summed E-state index contributed by atoms with van der Waals surface area (Å²) in [6.45, 7) is -0.108. The Morgan fingerprint density at radius 2 is 2.27 bits per heavy atom. The molecule has 0 spiro atoms. The molecule has 0 saturated heterocycles. The molecule has 5 nitrogen and oxygen atoms in total. The number of rotatable bonds is 4. The predicted molar refractivity (Wildman–Crippen MR) is 54.5 cm³/mol. The molecule has 0 saturated carbocycles. The van der Waals surface area contributed by atoms with Crippen LogP contribution in [-0.4, -0.2) is 23.7 Å². The molecule has 1 amide bonds. The maximum Gasteiger partial charge on any atom is 0.248 e. The van der Waals surface area contributed by atoms with Crippen LogP contribution in [0.25, 0.3) is 0 Å². The van der Waals surface area contributed by atoms with Crippen molar-refractivity contribution < 1.29 is 14.3 Å². The van der Waals surface area contributed by atoms with Gasteiger partial charge in [0, 0.05) is 6.54 Å². The van der Waals surface area contributed by atoms with Crippen molar-refractivity contribution in [1.82, 2.24) is 0 Å². The maximum absolute atomic E-state index is 12.9. The van der Waals surface area contributed by atoms with Crippen LogP contribution >= 0.6 is 0 Å². The molecule has 0 radical (unpaired) electrons. The van der Waals surface area contributed by atoms with Crippen molar-refractivity contribution in [3.63, 3.8) is 0 Å². The van der Waals surface area contributed by atoms with Gasteiger partial charge in [-0.3, -0.25) is 4.79 Å². The normalized spacial score (nSPS) is 12.1. The number of aliphatic hydroxyl groups excluding tert-OH is 1. The van der Waals surface area contributed by atoms with E-state index in [-0.39, 0.29) is 12.2 Å². The largest absolute Gasteiger partial charge is 0.395 e. The van der Waals surface area contributed by atoms with Gasteiger partial charge in [-0.25, -0.2) is 4.39 Å². The van der Waals surface area contributed by atoms with Gasteiger partial charge < -0.3 is 21.9 Å². The van der Waals surface area contributed by atoms with E-state index in [0.717, 1.165) is 0 Å². The van der Waals surface area contributed by atoms with E-state index in [9.17, 15) is 9.18 Å². The van der Waals surface area contributed by atoms with Crippen molar-refractivity contribution >= 4 is 17.3 Å². The molecule has 0 bridgehead atoms. The van der Waals surface area contributed by atoms with Crippen LogP contribution in [0.3, 0.4) is 0 Å². The minimum atomic E-state index is -1.33. The van der Waals surface area contributed by atoms with Gasteiger partial charge in [0.25, 0.3) is 0 Å². The molecule has 1 aromatic rings. The number of hydrogen-bond donors (Lipinski definition) is 4. The van der Waals surface area contributed by atoms with Gasteiger partial charge in [0.1, 0.15) is 11.9 Å². The van der Waals surface area contributed by atoms with E-state index in [1.165, 1.54) is 18.2 Å². The standard InChI is InChI=1S/C9H12FN3O2/c10-5-2-1-3-6(8(5)11)13-4-7(14)9(12)15/h1-3,7,13-14H,4,11H2,(H2,12,15). The summed E-state index contributed by atoms with van der Waals surface area (Å²) in [5.74, 6) is -1.41. The summed E-state index contributed by atoms with van der Waals surface area (Å²) in [5, 5.41) is 11.7. The number of para-hydroxylation sites is 1. The first-order valence-corrected chi connectivity index (χ1v) is 4.27. The smallest absolute Gasteiger partial charge is 0.248 e. The lowest BCUT2D eigenvalue weighted by atomic mass is 10.2. The van der Waals surface area contributed by atoms with Crippen LogP contribution < -0.4 is 16.8 Å². The summed E-state index contributed by atoms with van der Waals surface area (Å²) in [6.07, 6.45) is -1.33. The minimum absolute atomic E-state index is 0.0610. The fraction of sp³-hybridized carbons (Fsp3) is 0.222. The highest BCUT2D eigenvalue weighted by Crippen LogP contribution is 2.20. The Morgan fingerprint density at radius 1 is 1.60 bits per heavy atom. The summed E-state index contributed by atoms with van der Waals surface area (Å²) >= 11 is 0. The monoisotopic (exact) mass is 213 g/mol. The summed E-state index contributed by atoms with van der Waals surface area (Å²) in [6, 6.07) is 4.21. The number of benzene rings is 1. The van der Waals surface area contributed by atoms with Gasteiger partial charge in [-0.1, -0.05) is 6.07 Å². The average molecular weight is 213 g/mol. The van der Waals surface area contributed by atoms with E-state index in [0.29, 0.717) is 5.69 Å². The Kier molecular flexibility index (Phi) is 3.46. The van der Waals surface area contributed by atoms with E-state index >= 15 is 0 Å². The van der Waals surface area contributed by atoms with Gasteiger partial charge in [0.2, 0.25) is 5.91 Å². The molecule has 1 unspecified atom stereocenters. The van der Waals surface area contributed by atoms with E-state index < -0.39 is 17.8 Å². The van der Waals surface area contributed by atoms with Crippen LogP contribution in [0.4, 0.5) is 15.8 Å². The van der Waals surface area contributed by atoms with Gasteiger partial charge in [0.15, 0.2) is 0 Å². The van der Waals surface area contributed by atoms with Crippen LogP contribution in [0, 0.1) is 5.82 Å². The molecule has 6 N–H and O–H groups in total. The SMILES string of the molecule is NC(=O)C(O)CNc1cccc(F)c1N. The number of carbonyl (C=O) groups is 1. The molecule has 82 valence electrons. The summed E-state index contributed by atoms with van der Waals surface area (Å²) in [5.41, 5.74) is 10.5. The van der Waals surface area contributed by atoms with E-state index in [4.69, 9.17) is 16.6 Å². The van der Waals surface area contributed by atoms with Crippen molar-refractivity contribution in [2.75, 3.05) is 17.6 Å². The highest BCUT2D eigenvalue weighted by molar-refractivity contribution is 5.79. The third-order valence-corrected chi connectivity index (χ3v) is 1.87. The van der Waals surface area contributed by atoms with Crippen molar-refractivity contribution in [1.29, 1.82) is 0 Å². The lowest BCUT2D eigenvalue weighted by molar-refractivity contribution is -0.125.